The molecule has 0 aliphatic carbocycles. The van der Waals surface area contributed by atoms with Gasteiger partial charge < -0.3 is 14.2 Å². The molecule has 0 atom stereocenters. The summed E-state index contributed by atoms with van der Waals surface area (Å²) in [6.45, 7) is 2.10. The van der Waals surface area contributed by atoms with E-state index in [1.807, 2.05) is 30.3 Å². The van der Waals surface area contributed by atoms with Gasteiger partial charge in [0, 0.05) is 55.6 Å². The number of piperazine rings is 1. The molecule has 0 N–H and O–H groups in total. The lowest BCUT2D eigenvalue weighted by Crippen LogP contribution is -2.49. The Kier molecular flexibility index (Phi) is 6.03. The van der Waals surface area contributed by atoms with Crippen LogP contribution in [0, 0.1) is 10.1 Å². The van der Waals surface area contributed by atoms with Gasteiger partial charge in [0.15, 0.2) is 5.82 Å². The van der Waals surface area contributed by atoms with Crippen LogP contribution in [0.5, 0.6) is 0 Å². The molecule has 1 saturated heterocycles. The van der Waals surface area contributed by atoms with Crippen molar-refractivity contribution >= 4 is 29.1 Å². The third-order valence-corrected chi connectivity index (χ3v) is 5.76. The van der Waals surface area contributed by atoms with Gasteiger partial charge in [0.25, 0.3) is 11.6 Å². The fourth-order valence-corrected chi connectivity index (χ4v) is 3.95. The molecule has 3 heterocycles. The molecular weight excluding hydrogens is 450 g/mol. The minimum atomic E-state index is -0.421. The van der Waals surface area contributed by atoms with Gasteiger partial charge in [-0.3, -0.25) is 14.9 Å². The first-order valence-corrected chi connectivity index (χ1v) is 11.0. The Hall–Kier alpha value is -4.80. The number of benzene rings is 2. The number of tetrazole rings is 1. The molecule has 11 nitrogen and oxygen atoms in total. The van der Waals surface area contributed by atoms with E-state index in [1.54, 1.807) is 35.2 Å². The van der Waals surface area contributed by atoms with Crippen LogP contribution in [0.3, 0.4) is 0 Å². The van der Waals surface area contributed by atoms with E-state index in [4.69, 9.17) is 4.42 Å². The van der Waals surface area contributed by atoms with Gasteiger partial charge in [0.05, 0.1) is 11.2 Å². The number of non-ortho nitro benzene ring substituents is 1. The van der Waals surface area contributed by atoms with Gasteiger partial charge in [-0.2, -0.15) is 4.68 Å². The zero-order chi connectivity index (χ0) is 24.2. The zero-order valence-corrected chi connectivity index (χ0v) is 18.6. The number of carbonyl (C=O) groups excluding carboxylic acids is 1. The number of nitrogens with zero attached hydrogens (tertiary/aromatic N) is 7. The summed E-state index contributed by atoms with van der Waals surface area (Å²) in [7, 11) is 0. The van der Waals surface area contributed by atoms with Gasteiger partial charge in [-0.1, -0.05) is 30.3 Å². The summed E-state index contributed by atoms with van der Waals surface area (Å²) in [5.74, 6) is 0.725. The maximum absolute atomic E-state index is 13.7. The van der Waals surface area contributed by atoms with Crippen LogP contribution < -0.4 is 4.90 Å². The summed E-state index contributed by atoms with van der Waals surface area (Å²) in [4.78, 5) is 28.0. The molecule has 35 heavy (non-hydrogen) atoms. The lowest BCUT2D eigenvalue weighted by molar-refractivity contribution is -0.384. The summed E-state index contributed by atoms with van der Waals surface area (Å²) < 4.78 is 6.89. The summed E-state index contributed by atoms with van der Waals surface area (Å²) in [6, 6.07) is 19.3. The molecule has 1 aliphatic rings. The summed E-state index contributed by atoms with van der Waals surface area (Å²) in [5.41, 5.74) is 1.97. The Labute approximate surface area is 200 Å². The summed E-state index contributed by atoms with van der Waals surface area (Å²) >= 11 is 0. The number of nitro groups is 1. The third kappa shape index (κ3) is 4.64. The van der Waals surface area contributed by atoms with Gasteiger partial charge >= 0.3 is 0 Å². The fourth-order valence-electron chi connectivity index (χ4n) is 3.95. The maximum Gasteiger partial charge on any atom is 0.272 e. The Morgan fingerprint density at radius 1 is 0.971 bits per heavy atom. The molecule has 5 rings (SSSR count). The highest BCUT2D eigenvalue weighted by atomic mass is 16.6. The molecule has 176 valence electrons. The molecule has 1 fully saturated rings. The molecule has 11 heteroatoms. The minimum Gasteiger partial charge on any atom is -0.465 e. The van der Waals surface area contributed by atoms with E-state index >= 15 is 0 Å². The van der Waals surface area contributed by atoms with E-state index < -0.39 is 4.92 Å². The largest absolute Gasteiger partial charge is 0.465 e. The number of anilines is 1. The number of nitro benzene ring substituents is 1. The Morgan fingerprint density at radius 3 is 2.37 bits per heavy atom. The highest BCUT2D eigenvalue weighted by molar-refractivity contribution is 6.18. The van der Waals surface area contributed by atoms with Crippen LogP contribution in [-0.4, -0.2) is 62.1 Å². The molecule has 0 radical (unpaired) electrons. The van der Waals surface area contributed by atoms with E-state index in [1.165, 1.54) is 23.1 Å². The highest BCUT2D eigenvalue weighted by Crippen LogP contribution is 2.24. The minimum absolute atomic E-state index is 0.0472. The molecule has 0 unspecified atom stereocenters. The van der Waals surface area contributed by atoms with Crippen molar-refractivity contribution in [2.24, 2.45) is 0 Å². The molecule has 1 amide bonds. The van der Waals surface area contributed by atoms with Crippen molar-refractivity contribution in [1.82, 2.24) is 25.1 Å². The molecule has 0 spiro atoms. The zero-order valence-electron chi connectivity index (χ0n) is 18.6. The average Bonchev–Trinajstić information content (AvgIpc) is 3.60. The van der Waals surface area contributed by atoms with E-state index in [0.717, 1.165) is 11.3 Å². The number of aromatic nitrogens is 4. The lowest BCUT2D eigenvalue weighted by atomic mass is 10.2. The van der Waals surface area contributed by atoms with Gasteiger partial charge in [0.1, 0.15) is 11.5 Å². The molecular formula is C24H21N7O4. The second kappa shape index (κ2) is 9.59. The molecule has 1 aliphatic heterocycles. The molecule has 0 saturated carbocycles. The first kappa shape index (κ1) is 22.0. The Morgan fingerprint density at radius 2 is 1.71 bits per heavy atom. The fraction of sp³-hybridized carbons (Fsp3) is 0.167. The third-order valence-electron chi connectivity index (χ3n) is 5.76. The number of rotatable bonds is 6. The monoisotopic (exact) mass is 471 g/mol. The van der Waals surface area contributed by atoms with Crippen LogP contribution in [0.2, 0.25) is 0 Å². The predicted octanol–water partition coefficient (Wildman–Crippen LogP) is 3.19. The van der Waals surface area contributed by atoms with Crippen LogP contribution in [0.1, 0.15) is 5.76 Å². The van der Waals surface area contributed by atoms with E-state index in [-0.39, 0.29) is 17.3 Å². The van der Waals surface area contributed by atoms with Crippen molar-refractivity contribution in [3.05, 3.63) is 88.9 Å². The highest BCUT2D eigenvalue weighted by Gasteiger charge is 2.27. The first-order chi connectivity index (χ1) is 17.1. The van der Waals surface area contributed by atoms with E-state index in [9.17, 15) is 14.9 Å². The number of hydrogen-bond donors (Lipinski definition) is 0. The number of hydrogen-bond acceptors (Lipinski definition) is 8. The standard InChI is InChI=1S/C24H21N7O4/c32-24(29-14-12-28(13-15-29)19-8-10-20(11-9-19)31(33)34)22(17-21-7-4-16-35-21)30-23(25-26-27-30)18-5-2-1-3-6-18/h1-11,16-17H,12-15H2/b22-17+. The van der Waals surface area contributed by atoms with Crippen molar-refractivity contribution in [3.8, 4) is 11.4 Å². The van der Waals surface area contributed by atoms with Crippen LogP contribution >= 0.6 is 0 Å². The van der Waals surface area contributed by atoms with Crippen molar-refractivity contribution < 1.29 is 14.1 Å². The van der Waals surface area contributed by atoms with Crippen LogP contribution in [0.15, 0.2) is 77.4 Å². The average molecular weight is 471 g/mol. The smallest absolute Gasteiger partial charge is 0.272 e. The maximum atomic E-state index is 13.7. The van der Waals surface area contributed by atoms with Gasteiger partial charge in [-0.15, -0.1) is 5.10 Å². The first-order valence-electron chi connectivity index (χ1n) is 11.0. The second-order valence-corrected chi connectivity index (χ2v) is 7.88. The number of furan rings is 1. The van der Waals surface area contributed by atoms with Crippen LogP contribution in [-0.2, 0) is 4.79 Å². The van der Waals surface area contributed by atoms with Gasteiger partial charge in [0.2, 0.25) is 0 Å². The van der Waals surface area contributed by atoms with Gasteiger partial charge in [-0.25, -0.2) is 0 Å². The number of carbonyl (C=O) groups is 1. The van der Waals surface area contributed by atoms with Crippen molar-refractivity contribution in [1.29, 1.82) is 0 Å². The quantitative estimate of drug-likeness (QED) is 0.239. The molecule has 0 bridgehead atoms. The lowest BCUT2D eigenvalue weighted by Gasteiger charge is -2.36. The molecule has 2 aromatic heterocycles. The molecule has 2 aromatic carbocycles. The normalized spacial score (nSPS) is 14.2. The summed E-state index contributed by atoms with van der Waals surface area (Å²) in [5, 5.41) is 23.0. The van der Waals surface area contributed by atoms with Crippen LogP contribution in [0.4, 0.5) is 11.4 Å². The van der Waals surface area contributed by atoms with Crippen molar-refractivity contribution in [2.75, 3.05) is 31.1 Å². The van der Waals surface area contributed by atoms with Crippen molar-refractivity contribution in [3.63, 3.8) is 0 Å². The topological polar surface area (TPSA) is 123 Å². The van der Waals surface area contributed by atoms with E-state index in [2.05, 4.69) is 20.4 Å². The Balaban J connectivity index is 1.38. The van der Waals surface area contributed by atoms with E-state index in [0.29, 0.717) is 37.8 Å². The Bertz CT molecular complexity index is 1340. The molecule has 4 aromatic rings. The van der Waals surface area contributed by atoms with Crippen molar-refractivity contribution in [2.45, 2.75) is 0 Å². The second-order valence-electron chi connectivity index (χ2n) is 7.88. The van der Waals surface area contributed by atoms with Crippen LogP contribution in [0.25, 0.3) is 23.2 Å². The predicted molar refractivity (Wildman–Crippen MR) is 128 cm³/mol. The summed E-state index contributed by atoms with van der Waals surface area (Å²) in [6.07, 6.45) is 3.17. The SMILES string of the molecule is O=C(/C(=C\c1ccco1)n1nnnc1-c1ccccc1)N1CCN(c2ccc([N+](=O)[O-])cc2)CC1. The number of amides is 1. The van der Waals surface area contributed by atoms with Gasteiger partial charge in [-0.05, 0) is 34.7 Å².